The van der Waals surface area contributed by atoms with Crippen LogP contribution in [0.1, 0.15) is 28.7 Å². The first-order chi connectivity index (χ1) is 6.68. The van der Waals surface area contributed by atoms with Crippen molar-refractivity contribution in [1.82, 2.24) is 4.37 Å². The number of aromatic nitrogens is 1. The minimum absolute atomic E-state index is 0.0978. The quantitative estimate of drug-likeness (QED) is 0.703. The van der Waals surface area contributed by atoms with Crippen molar-refractivity contribution in [2.75, 3.05) is 6.61 Å². The van der Waals surface area contributed by atoms with Crippen LogP contribution in [0.2, 0.25) is 0 Å². The van der Waals surface area contributed by atoms with Gasteiger partial charge in [-0.25, -0.2) is 0 Å². The van der Waals surface area contributed by atoms with Gasteiger partial charge in [-0.1, -0.05) is 6.92 Å². The van der Waals surface area contributed by atoms with Gasteiger partial charge in [0.2, 0.25) is 5.78 Å². The molecule has 0 bridgehead atoms. The normalized spacial score (nSPS) is 26.7. The van der Waals surface area contributed by atoms with Crippen LogP contribution >= 0.6 is 11.5 Å². The lowest BCUT2D eigenvalue weighted by Crippen LogP contribution is -2.24. The van der Waals surface area contributed by atoms with E-state index in [2.05, 4.69) is 11.3 Å². The Morgan fingerprint density at radius 2 is 2.50 bits per heavy atom. The molecule has 1 aliphatic rings. The number of hydrogen-bond acceptors (Lipinski definition) is 4. The maximum absolute atomic E-state index is 11.9. The fourth-order valence-corrected chi connectivity index (χ4v) is 2.37. The van der Waals surface area contributed by atoms with Crippen LogP contribution < -0.4 is 0 Å². The molecule has 2 rings (SSSR count). The molecule has 0 amide bonds. The number of nitrogens with zero attached hydrogens (tertiary/aromatic N) is 1. The van der Waals surface area contributed by atoms with Crippen LogP contribution in [-0.4, -0.2) is 22.9 Å². The van der Waals surface area contributed by atoms with Crippen molar-refractivity contribution in [1.29, 1.82) is 0 Å². The van der Waals surface area contributed by atoms with E-state index in [-0.39, 0.29) is 11.9 Å². The van der Waals surface area contributed by atoms with E-state index in [1.165, 1.54) is 11.5 Å². The number of hydrogen-bond donors (Lipinski definition) is 0. The maximum Gasteiger partial charge on any atom is 0.203 e. The van der Waals surface area contributed by atoms with Crippen molar-refractivity contribution in [3.8, 4) is 0 Å². The Labute approximate surface area is 87.3 Å². The highest BCUT2D eigenvalue weighted by atomic mass is 32.1. The number of ether oxygens (including phenoxy) is 1. The van der Waals surface area contributed by atoms with Crippen LogP contribution in [0.5, 0.6) is 0 Å². The Morgan fingerprint density at radius 3 is 3.00 bits per heavy atom. The summed E-state index contributed by atoms with van der Waals surface area (Å²) in [6, 6.07) is 1.83. The summed E-state index contributed by atoms with van der Waals surface area (Å²) in [5, 5.41) is 0. The highest BCUT2D eigenvalue weighted by Gasteiger charge is 2.32. The zero-order valence-corrected chi connectivity index (χ0v) is 9.13. The fourth-order valence-electron chi connectivity index (χ4n) is 1.65. The second-order valence-electron chi connectivity index (χ2n) is 3.75. The topological polar surface area (TPSA) is 39.2 Å². The second kappa shape index (κ2) is 3.79. The molecule has 4 heteroatoms. The highest BCUT2D eigenvalue weighted by Crippen LogP contribution is 2.25. The van der Waals surface area contributed by atoms with Crippen LogP contribution in [0, 0.1) is 12.8 Å². The standard InChI is InChI=1S/C10H13NO2S/c1-6-3-4-13-10(6)9(12)8-5-7(2)11-14-8/h5-6,10H,3-4H2,1-2H3. The first kappa shape index (κ1) is 9.80. The molecule has 0 saturated carbocycles. The first-order valence-electron chi connectivity index (χ1n) is 4.77. The van der Waals surface area contributed by atoms with E-state index in [9.17, 15) is 4.79 Å². The maximum atomic E-state index is 11.9. The summed E-state index contributed by atoms with van der Waals surface area (Å²) in [4.78, 5) is 12.6. The van der Waals surface area contributed by atoms with Gasteiger partial charge in [0.25, 0.3) is 0 Å². The summed E-state index contributed by atoms with van der Waals surface area (Å²) in [5.74, 6) is 0.436. The van der Waals surface area contributed by atoms with Crippen LogP contribution in [0.15, 0.2) is 6.07 Å². The Morgan fingerprint density at radius 1 is 1.71 bits per heavy atom. The number of carbonyl (C=O) groups excluding carboxylic acids is 1. The Kier molecular flexibility index (Phi) is 2.65. The molecule has 1 aromatic heterocycles. The number of aryl methyl sites for hydroxylation is 1. The van der Waals surface area contributed by atoms with Gasteiger partial charge in [0, 0.05) is 6.61 Å². The summed E-state index contributed by atoms with van der Waals surface area (Å²) in [6.07, 6.45) is 0.739. The van der Waals surface area contributed by atoms with Crippen molar-refractivity contribution >= 4 is 17.3 Å². The van der Waals surface area contributed by atoms with E-state index in [1.54, 1.807) is 0 Å². The Balaban J connectivity index is 2.15. The van der Waals surface area contributed by atoms with Gasteiger partial charge in [-0.2, -0.15) is 4.37 Å². The SMILES string of the molecule is Cc1cc(C(=O)C2OCCC2C)sn1. The summed E-state index contributed by atoms with van der Waals surface area (Å²) in [7, 11) is 0. The van der Waals surface area contributed by atoms with E-state index in [0.717, 1.165) is 17.0 Å². The van der Waals surface area contributed by atoms with Gasteiger partial charge in [-0.05, 0) is 36.9 Å². The Bertz CT molecular complexity index is 348. The van der Waals surface area contributed by atoms with E-state index in [4.69, 9.17) is 4.74 Å². The van der Waals surface area contributed by atoms with Gasteiger partial charge >= 0.3 is 0 Å². The summed E-state index contributed by atoms with van der Waals surface area (Å²) in [5.41, 5.74) is 0.906. The monoisotopic (exact) mass is 211 g/mol. The minimum Gasteiger partial charge on any atom is -0.370 e. The molecule has 14 heavy (non-hydrogen) atoms. The van der Waals surface area contributed by atoms with Crippen LogP contribution in [0.4, 0.5) is 0 Å². The third kappa shape index (κ3) is 1.72. The van der Waals surface area contributed by atoms with Gasteiger partial charge in [0.05, 0.1) is 10.6 Å². The lowest BCUT2D eigenvalue weighted by atomic mass is 10.00. The van der Waals surface area contributed by atoms with Crippen LogP contribution in [0.3, 0.4) is 0 Å². The van der Waals surface area contributed by atoms with Crippen molar-refractivity contribution in [3.63, 3.8) is 0 Å². The minimum atomic E-state index is -0.241. The second-order valence-corrected chi connectivity index (χ2v) is 4.56. The van der Waals surface area contributed by atoms with Crippen molar-refractivity contribution in [3.05, 3.63) is 16.6 Å². The van der Waals surface area contributed by atoms with Gasteiger partial charge < -0.3 is 4.74 Å². The molecule has 1 aromatic rings. The molecule has 2 atom stereocenters. The van der Waals surface area contributed by atoms with Crippen LogP contribution in [-0.2, 0) is 4.74 Å². The van der Waals surface area contributed by atoms with Gasteiger partial charge in [-0.15, -0.1) is 0 Å². The van der Waals surface area contributed by atoms with E-state index in [0.29, 0.717) is 12.5 Å². The number of carbonyl (C=O) groups is 1. The van der Waals surface area contributed by atoms with Gasteiger partial charge in [0.1, 0.15) is 6.10 Å². The summed E-state index contributed by atoms with van der Waals surface area (Å²) >= 11 is 1.27. The average molecular weight is 211 g/mol. The van der Waals surface area contributed by atoms with Gasteiger partial charge in [-0.3, -0.25) is 4.79 Å². The molecule has 76 valence electrons. The molecule has 0 aromatic carbocycles. The predicted octanol–water partition coefficient (Wildman–Crippen LogP) is 2.06. The zero-order chi connectivity index (χ0) is 10.1. The fraction of sp³-hybridized carbons (Fsp3) is 0.600. The summed E-state index contributed by atoms with van der Waals surface area (Å²) < 4.78 is 9.52. The zero-order valence-electron chi connectivity index (χ0n) is 8.32. The molecule has 2 unspecified atom stereocenters. The van der Waals surface area contributed by atoms with E-state index in [1.807, 2.05) is 13.0 Å². The third-order valence-corrected chi connectivity index (χ3v) is 3.41. The van der Waals surface area contributed by atoms with Crippen molar-refractivity contribution < 1.29 is 9.53 Å². The van der Waals surface area contributed by atoms with Crippen molar-refractivity contribution in [2.45, 2.75) is 26.4 Å². The van der Waals surface area contributed by atoms with Gasteiger partial charge in [0.15, 0.2) is 0 Å². The third-order valence-electron chi connectivity index (χ3n) is 2.52. The van der Waals surface area contributed by atoms with Crippen LogP contribution in [0.25, 0.3) is 0 Å². The smallest absolute Gasteiger partial charge is 0.203 e. The molecule has 0 aliphatic carbocycles. The van der Waals surface area contributed by atoms with E-state index < -0.39 is 0 Å². The molecular weight excluding hydrogens is 198 g/mol. The number of ketones is 1. The predicted molar refractivity (Wildman–Crippen MR) is 54.7 cm³/mol. The molecule has 1 saturated heterocycles. The molecule has 1 fully saturated rings. The molecule has 0 radical (unpaired) electrons. The molecule has 0 N–H and O–H groups in total. The average Bonchev–Trinajstić information content (AvgIpc) is 2.73. The number of Topliss-reactive ketones (excluding diaryl/α,β-unsaturated/α-hetero) is 1. The number of rotatable bonds is 2. The lowest BCUT2D eigenvalue weighted by molar-refractivity contribution is 0.0583. The first-order valence-corrected chi connectivity index (χ1v) is 5.55. The molecule has 0 spiro atoms. The van der Waals surface area contributed by atoms with Crippen molar-refractivity contribution in [2.24, 2.45) is 5.92 Å². The molecule has 1 aliphatic heterocycles. The summed E-state index contributed by atoms with van der Waals surface area (Å²) in [6.45, 7) is 4.66. The highest BCUT2D eigenvalue weighted by molar-refractivity contribution is 7.08. The Hall–Kier alpha value is -0.740. The van der Waals surface area contributed by atoms with E-state index >= 15 is 0 Å². The molecular formula is C10H13NO2S. The molecule has 2 heterocycles. The molecule has 3 nitrogen and oxygen atoms in total. The lowest BCUT2D eigenvalue weighted by Gasteiger charge is -2.10. The largest absolute Gasteiger partial charge is 0.370 e.